The van der Waals surface area contributed by atoms with Crippen LogP contribution in [0.15, 0.2) is 36.5 Å². The zero-order chi connectivity index (χ0) is 13.7. The van der Waals surface area contributed by atoms with E-state index in [-0.39, 0.29) is 5.88 Å². The number of aromatic nitrogens is 2. The van der Waals surface area contributed by atoms with Crippen molar-refractivity contribution in [2.24, 2.45) is 0 Å². The molecule has 0 amide bonds. The summed E-state index contributed by atoms with van der Waals surface area (Å²) in [5.41, 5.74) is 1.68. The summed E-state index contributed by atoms with van der Waals surface area (Å²) in [6.45, 7) is 2.05. The minimum atomic E-state index is -0.447. The van der Waals surface area contributed by atoms with Crippen molar-refractivity contribution in [3.8, 4) is 11.4 Å². The van der Waals surface area contributed by atoms with Gasteiger partial charge in [-0.05, 0) is 6.92 Å². The molecule has 5 heteroatoms. The van der Waals surface area contributed by atoms with E-state index >= 15 is 0 Å². The quantitative estimate of drug-likeness (QED) is 0.636. The molecule has 0 N–H and O–H groups in total. The molecule has 1 heterocycles. The van der Waals surface area contributed by atoms with Crippen LogP contribution in [-0.4, -0.2) is 22.5 Å². The second-order valence-corrected chi connectivity index (χ2v) is 4.04. The van der Waals surface area contributed by atoms with E-state index in [4.69, 9.17) is 16.3 Å². The summed E-state index contributed by atoms with van der Waals surface area (Å²) in [5, 5.41) is 0. The monoisotopic (exact) mass is 276 g/mol. The summed E-state index contributed by atoms with van der Waals surface area (Å²) >= 11 is 5.84. The average Bonchev–Trinajstić information content (AvgIpc) is 2.47. The highest BCUT2D eigenvalue weighted by molar-refractivity contribution is 6.17. The third-order valence-electron chi connectivity index (χ3n) is 2.52. The van der Waals surface area contributed by atoms with Crippen LogP contribution in [0.1, 0.15) is 23.0 Å². The number of esters is 1. The number of carbonyl (C=O) groups is 1. The molecular weight excluding hydrogens is 264 g/mol. The lowest BCUT2D eigenvalue weighted by atomic mass is 10.2. The minimum Gasteiger partial charge on any atom is -0.462 e. The van der Waals surface area contributed by atoms with Gasteiger partial charge in [-0.25, -0.2) is 14.8 Å². The van der Waals surface area contributed by atoms with E-state index in [0.29, 0.717) is 23.7 Å². The smallest absolute Gasteiger partial charge is 0.341 e. The SMILES string of the molecule is CCOC(=O)c1cnc(-c2ccccc2)nc1CCl. The molecule has 1 aromatic heterocycles. The molecule has 0 bridgehead atoms. The fourth-order valence-corrected chi connectivity index (χ4v) is 1.83. The number of ether oxygens (including phenoxy) is 1. The van der Waals surface area contributed by atoms with Crippen molar-refractivity contribution >= 4 is 17.6 Å². The first-order valence-corrected chi connectivity index (χ1v) is 6.44. The van der Waals surface area contributed by atoms with Crippen molar-refractivity contribution in [2.75, 3.05) is 6.61 Å². The molecule has 0 aliphatic rings. The molecular formula is C14H13ClN2O2. The van der Waals surface area contributed by atoms with Gasteiger partial charge in [0.1, 0.15) is 5.56 Å². The third-order valence-corrected chi connectivity index (χ3v) is 2.77. The summed E-state index contributed by atoms with van der Waals surface area (Å²) in [7, 11) is 0. The van der Waals surface area contributed by atoms with Gasteiger partial charge in [-0.3, -0.25) is 0 Å². The maximum Gasteiger partial charge on any atom is 0.341 e. The topological polar surface area (TPSA) is 52.1 Å². The molecule has 2 aromatic rings. The summed E-state index contributed by atoms with van der Waals surface area (Å²) in [6.07, 6.45) is 1.46. The summed E-state index contributed by atoms with van der Waals surface area (Å²) in [6, 6.07) is 9.52. The van der Waals surface area contributed by atoms with Gasteiger partial charge >= 0.3 is 5.97 Å². The number of hydrogen-bond acceptors (Lipinski definition) is 4. The number of carbonyl (C=O) groups excluding carboxylic acids is 1. The lowest BCUT2D eigenvalue weighted by Gasteiger charge is -2.07. The highest BCUT2D eigenvalue weighted by atomic mass is 35.5. The second-order valence-electron chi connectivity index (χ2n) is 3.77. The Morgan fingerprint density at radius 2 is 2.05 bits per heavy atom. The first kappa shape index (κ1) is 13.5. The van der Waals surface area contributed by atoms with E-state index in [1.807, 2.05) is 30.3 Å². The number of hydrogen-bond donors (Lipinski definition) is 0. The van der Waals surface area contributed by atoms with Crippen molar-refractivity contribution in [2.45, 2.75) is 12.8 Å². The van der Waals surface area contributed by atoms with Gasteiger partial charge in [-0.1, -0.05) is 30.3 Å². The predicted molar refractivity (Wildman–Crippen MR) is 73.0 cm³/mol. The van der Waals surface area contributed by atoms with Crippen LogP contribution in [0, 0.1) is 0 Å². The van der Waals surface area contributed by atoms with Gasteiger partial charge in [0.25, 0.3) is 0 Å². The highest BCUT2D eigenvalue weighted by Crippen LogP contribution is 2.17. The first-order chi connectivity index (χ1) is 9.26. The van der Waals surface area contributed by atoms with Crippen LogP contribution in [-0.2, 0) is 10.6 Å². The third kappa shape index (κ3) is 3.09. The Hall–Kier alpha value is -1.94. The predicted octanol–water partition coefficient (Wildman–Crippen LogP) is 3.06. The van der Waals surface area contributed by atoms with E-state index < -0.39 is 5.97 Å². The molecule has 19 heavy (non-hydrogen) atoms. The van der Waals surface area contributed by atoms with Crippen molar-refractivity contribution in [1.29, 1.82) is 0 Å². The van der Waals surface area contributed by atoms with Gasteiger partial charge in [-0.2, -0.15) is 0 Å². The molecule has 0 spiro atoms. The van der Waals surface area contributed by atoms with E-state index in [1.54, 1.807) is 6.92 Å². The number of halogens is 1. The van der Waals surface area contributed by atoms with Gasteiger partial charge in [0.15, 0.2) is 5.82 Å². The Morgan fingerprint density at radius 1 is 1.32 bits per heavy atom. The standard InChI is InChI=1S/C14H13ClN2O2/c1-2-19-14(18)11-9-16-13(17-12(11)8-15)10-6-4-3-5-7-10/h3-7,9H,2,8H2,1H3. The van der Waals surface area contributed by atoms with Gasteiger partial charge in [-0.15, -0.1) is 11.6 Å². The molecule has 0 aliphatic heterocycles. The van der Waals surface area contributed by atoms with Gasteiger partial charge in [0, 0.05) is 11.8 Å². The Labute approximate surface area is 116 Å². The minimum absolute atomic E-state index is 0.135. The number of rotatable bonds is 4. The van der Waals surface area contributed by atoms with Crippen molar-refractivity contribution in [3.05, 3.63) is 47.8 Å². The van der Waals surface area contributed by atoms with Gasteiger partial charge < -0.3 is 4.74 Å². The average molecular weight is 277 g/mol. The lowest BCUT2D eigenvalue weighted by molar-refractivity contribution is 0.0524. The van der Waals surface area contributed by atoms with Gasteiger partial charge in [0.2, 0.25) is 0 Å². The van der Waals surface area contributed by atoms with Crippen molar-refractivity contribution in [3.63, 3.8) is 0 Å². The number of nitrogens with zero attached hydrogens (tertiary/aromatic N) is 2. The molecule has 0 atom stereocenters. The molecule has 0 radical (unpaired) electrons. The number of alkyl halides is 1. The van der Waals surface area contributed by atoms with E-state index in [0.717, 1.165) is 5.56 Å². The second kappa shape index (κ2) is 6.29. The van der Waals surface area contributed by atoms with Crippen LogP contribution in [0.2, 0.25) is 0 Å². The van der Waals surface area contributed by atoms with Crippen LogP contribution in [0.5, 0.6) is 0 Å². The Morgan fingerprint density at radius 3 is 2.68 bits per heavy atom. The normalized spacial score (nSPS) is 10.2. The van der Waals surface area contributed by atoms with Gasteiger partial charge in [0.05, 0.1) is 18.2 Å². The zero-order valence-electron chi connectivity index (χ0n) is 10.5. The Kier molecular flexibility index (Phi) is 4.47. The Balaban J connectivity index is 2.39. The van der Waals surface area contributed by atoms with Crippen molar-refractivity contribution in [1.82, 2.24) is 9.97 Å². The molecule has 98 valence electrons. The highest BCUT2D eigenvalue weighted by Gasteiger charge is 2.15. The van der Waals surface area contributed by atoms with E-state index in [2.05, 4.69) is 9.97 Å². The summed E-state index contributed by atoms with van der Waals surface area (Å²) in [5.74, 6) is 0.235. The van der Waals surface area contributed by atoms with Crippen molar-refractivity contribution < 1.29 is 9.53 Å². The molecule has 1 aromatic carbocycles. The van der Waals surface area contributed by atoms with Crippen LogP contribution >= 0.6 is 11.6 Å². The molecule has 2 rings (SSSR count). The fraction of sp³-hybridized carbons (Fsp3) is 0.214. The van der Waals surface area contributed by atoms with E-state index in [1.165, 1.54) is 6.20 Å². The van der Waals surface area contributed by atoms with Crippen LogP contribution < -0.4 is 0 Å². The van der Waals surface area contributed by atoms with E-state index in [9.17, 15) is 4.79 Å². The Bertz CT molecular complexity index is 573. The molecule has 4 nitrogen and oxygen atoms in total. The molecule has 0 aliphatic carbocycles. The molecule has 0 saturated carbocycles. The maximum atomic E-state index is 11.7. The number of benzene rings is 1. The molecule has 0 saturated heterocycles. The zero-order valence-corrected chi connectivity index (χ0v) is 11.2. The van der Waals surface area contributed by atoms with Crippen LogP contribution in [0.4, 0.5) is 0 Å². The maximum absolute atomic E-state index is 11.7. The molecule has 0 fully saturated rings. The summed E-state index contributed by atoms with van der Waals surface area (Å²) in [4.78, 5) is 20.2. The largest absolute Gasteiger partial charge is 0.462 e. The lowest BCUT2D eigenvalue weighted by Crippen LogP contribution is -2.10. The molecule has 0 unspecified atom stereocenters. The first-order valence-electron chi connectivity index (χ1n) is 5.90. The van der Waals surface area contributed by atoms with Crippen LogP contribution in [0.25, 0.3) is 11.4 Å². The fourth-order valence-electron chi connectivity index (χ4n) is 1.62. The van der Waals surface area contributed by atoms with Crippen LogP contribution in [0.3, 0.4) is 0 Å². The summed E-state index contributed by atoms with van der Waals surface area (Å²) < 4.78 is 4.94.